The maximum atomic E-state index is 12.8. The molecule has 3 heteroatoms. The molecule has 0 radical (unpaired) electrons. The molecule has 108 valence electrons. The van der Waals surface area contributed by atoms with Gasteiger partial charge in [0.2, 0.25) is 0 Å². The van der Waals surface area contributed by atoms with Crippen molar-refractivity contribution in [2.75, 3.05) is 12.8 Å². The van der Waals surface area contributed by atoms with E-state index in [-0.39, 0.29) is 11.9 Å². The summed E-state index contributed by atoms with van der Waals surface area (Å²) in [6.07, 6.45) is 2.04. The third-order valence-corrected chi connectivity index (χ3v) is 4.37. The summed E-state index contributed by atoms with van der Waals surface area (Å²) in [4.78, 5) is 14.6. The quantitative estimate of drug-likeness (QED) is 0.858. The predicted molar refractivity (Wildman–Crippen MR) is 85.2 cm³/mol. The van der Waals surface area contributed by atoms with Crippen LogP contribution in [0.5, 0.6) is 0 Å². The van der Waals surface area contributed by atoms with Crippen LogP contribution in [0, 0.1) is 6.92 Å². The average Bonchev–Trinajstić information content (AvgIpc) is 2.90. The van der Waals surface area contributed by atoms with Crippen LogP contribution in [-0.2, 0) is 6.42 Å². The van der Waals surface area contributed by atoms with Gasteiger partial charge in [-0.2, -0.15) is 0 Å². The number of fused-ring (bicyclic) bond motifs is 1. The van der Waals surface area contributed by atoms with Crippen molar-refractivity contribution >= 4 is 11.6 Å². The molecule has 3 rings (SSSR count). The Kier molecular flexibility index (Phi) is 3.42. The maximum Gasteiger partial charge on any atom is 0.254 e. The first-order valence-corrected chi connectivity index (χ1v) is 7.29. The molecule has 0 fully saturated rings. The van der Waals surface area contributed by atoms with Gasteiger partial charge in [0.15, 0.2) is 0 Å². The molecule has 0 saturated carbocycles. The van der Waals surface area contributed by atoms with Crippen LogP contribution < -0.4 is 5.73 Å². The van der Waals surface area contributed by atoms with Gasteiger partial charge < -0.3 is 10.6 Å². The normalized spacial score (nSPS) is 16.6. The van der Waals surface area contributed by atoms with Gasteiger partial charge in [0, 0.05) is 18.3 Å². The molecule has 2 aromatic carbocycles. The van der Waals surface area contributed by atoms with Crippen LogP contribution in [0.4, 0.5) is 5.69 Å². The SMILES string of the molecule is Cc1cc(N)ccc1C(=O)N(C)C1CCc2ccccc21. The highest BCUT2D eigenvalue weighted by Gasteiger charge is 2.29. The number of benzene rings is 2. The highest BCUT2D eigenvalue weighted by molar-refractivity contribution is 5.96. The first kappa shape index (κ1) is 13.7. The fraction of sp³-hybridized carbons (Fsp3) is 0.278. The van der Waals surface area contributed by atoms with E-state index in [0.29, 0.717) is 5.69 Å². The molecule has 0 saturated heterocycles. The Balaban J connectivity index is 1.89. The van der Waals surface area contributed by atoms with E-state index in [9.17, 15) is 4.79 Å². The zero-order valence-corrected chi connectivity index (χ0v) is 12.5. The summed E-state index contributed by atoms with van der Waals surface area (Å²) >= 11 is 0. The summed E-state index contributed by atoms with van der Waals surface area (Å²) in [6.45, 7) is 1.93. The number of nitrogens with zero attached hydrogens (tertiary/aromatic N) is 1. The Bertz CT molecular complexity index is 693. The molecule has 2 N–H and O–H groups in total. The maximum absolute atomic E-state index is 12.8. The molecule has 2 aromatic rings. The second-order valence-electron chi connectivity index (χ2n) is 5.74. The third kappa shape index (κ3) is 2.40. The molecule has 0 aromatic heterocycles. The highest BCUT2D eigenvalue weighted by Crippen LogP contribution is 2.35. The Morgan fingerprint density at radius 2 is 2.00 bits per heavy atom. The van der Waals surface area contributed by atoms with E-state index >= 15 is 0 Å². The molecule has 1 unspecified atom stereocenters. The van der Waals surface area contributed by atoms with E-state index in [1.807, 2.05) is 37.1 Å². The molecule has 1 amide bonds. The smallest absolute Gasteiger partial charge is 0.254 e. The topological polar surface area (TPSA) is 46.3 Å². The standard InChI is InChI=1S/C18H20N2O/c1-12-11-14(19)8-9-15(12)18(21)20(2)17-10-7-13-5-3-4-6-16(13)17/h3-6,8-9,11,17H,7,10,19H2,1-2H3. The van der Waals surface area contributed by atoms with Crippen molar-refractivity contribution in [1.82, 2.24) is 4.90 Å². The van der Waals surface area contributed by atoms with Gasteiger partial charge >= 0.3 is 0 Å². The van der Waals surface area contributed by atoms with Gasteiger partial charge in [-0.1, -0.05) is 24.3 Å². The van der Waals surface area contributed by atoms with Crippen molar-refractivity contribution in [2.45, 2.75) is 25.8 Å². The Labute approximate surface area is 125 Å². The van der Waals surface area contributed by atoms with Crippen molar-refractivity contribution in [3.63, 3.8) is 0 Å². The summed E-state index contributed by atoms with van der Waals surface area (Å²) in [5, 5.41) is 0. The summed E-state index contributed by atoms with van der Waals surface area (Å²) in [5.74, 6) is 0.0641. The van der Waals surface area contributed by atoms with Crippen LogP contribution in [0.3, 0.4) is 0 Å². The van der Waals surface area contributed by atoms with Crippen molar-refractivity contribution in [1.29, 1.82) is 0 Å². The number of rotatable bonds is 2. The predicted octanol–water partition coefficient (Wildman–Crippen LogP) is 3.34. The zero-order chi connectivity index (χ0) is 15.0. The molecule has 21 heavy (non-hydrogen) atoms. The van der Waals surface area contributed by atoms with Gasteiger partial charge in [-0.05, 0) is 54.7 Å². The van der Waals surface area contributed by atoms with E-state index in [1.54, 1.807) is 6.07 Å². The highest BCUT2D eigenvalue weighted by atomic mass is 16.2. The van der Waals surface area contributed by atoms with Crippen molar-refractivity contribution in [3.05, 3.63) is 64.7 Å². The van der Waals surface area contributed by atoms with Crippen molar-refractivity contribution in [2.24, 2.45) is 0 Å². The molecule has 0 heterocycles. The molecule has 0 spiro atoms. The number of carbonyl (C=O) groups is 1. The van der Waals surface area contributed by atoms with Gasteiger partial charge in [0.1, 0.15) is 0 Å². The number of nitrogens with two attached hydrogens (primary N) is 1. The number of hydrogen-bond donors (Lipinski definition) is 1. The van der Waals surface area contributed by atoms with E-state index in [0.717, 1.165) is 24.0 Å². The van der Waals surface area contributed by atoms with Crippen LogP contribution >= 0.6 is 0 Å². The molecule has 1 aliphatic carbocycles. The number of nitrogen functional groups attached to an aromatic ring is 1. The average molecular weight is 280 g/mol. The first-order chi connectivity index (χ1) is 10.1. The number of carbonyl (C=O) groups excluding carboxylic acids is 1. The van der Waals surface area contributed by atoms with Crippen molar-refractivity contribution in [3.8, 4) is 0 Å². The lowest BCUT2D eigenvalue weighted by Gasteiger charge is -2.26. The van der Waals surface area contributed by atoms with Gasteiger partial charge in [0.05, 0.1) is 6.04 Å². The second-order valence-corrected chi connectivity index (χ2v) is 5.74. The fourth-order valence-electron chi connectivity index (χ4n) is 3.20. The van der Waals surface area contributed by atoms with Crippen LogP contribution in [-0.4, -0.2) is 17.9 Å². The van der Waals surface area contributed by atoms with Gasteiger partial charge in [-0.25, -0.2) is 0 Å². The summed E-state index contributed by atoms with van der Waals surface area (Å²) in [5.41, 5.74) is 10.8. The van der Waals surface area contributed by atoms with Crippen LogP contribution in [0.25, 0.3) is 0 Å². The van der Waals surface area contributed by atoms with E-state index in [1.165, 1.54) is 11.1 Å². The lowest BCUT2D eigenvalue weighted by atomic mass is 10.0. The van der Waals surface area contributed by atoms with Crippen LogP contribution in [0.15, 0.2) is 42.5 Å². The fourth-order valence-corrected chi connectivity index (χ4v) is 3.20. The van der Waals surface area contributed by atoms with E-state index < -0.39 is 0 Å². The van der Waals surface area contributed by atoms with Gasteiger partial charge in [-0.3, -0.25) is 4.79 Å². The van der Waals surface area contributed by atoms with E-state index in [4.69, 9.17) is 5.73 Å². The Hall–Kier alpha value is -2.29. The van der Waals surface area contributed by atoms with Crippen LogP contribution in [0.2, 0.25) is 0 Å². The van der Waals surface area contributed by atoms with E-state index in [2.05, 4.69) is 18.2 Å². The Morgan fingerprint density at radius 3 is 2.76 bits per heavy atom. The van der Waals surface area contributed by atoms with Gasteiger partial charge in [0.25, 0.3) is 5.91 Å². The second kappa shape index (κ2) is 5.24. The number of aryl methyl sites for hydroxylation is 2. The Morgan fingerprint density at radius 1 is 1.24 bits per heavy atom. The number of hydrogen-bond acceptors (Lipinski definition) is 2. The first-order valence-electron chi connectivity index (χ1n) is 7.29. The molecular formula is C18H20N2O. The van der Waals surface area contributed by atoms with Gasteiger partial charge in [-0.15, -0.1) is 0 Å². The summed E-state index contributed by atoms with van der Waals surface area (Å²) in [6, 6.07) is 14.0. The molecule has 1 atom stereocenters. The van der Waals surface area contributed by atoms with Crippen LogP contribution in [0.1, 0.15) is 39.5 Å². The lowest BCUT2D eigenvalue weighted by Crippen LogP contribution is -2.30. The number of anilines is 1. The minimum absolute atomic E-state index is 0.0641. The largest absolute Gasteiger partial charge is 0.399 e. The minimum Gasteiger partial charge on any atom is -0.399 e. The molecule has 3 nitrogen and oxygen atoms in total. The molecular weight excluding hydrogens is 260 g/mol. The number of amides is 1. The minimum atomic E-state index is 0.0641. The summed E-state index contributed by atoms with van der Waals surface area (Å²) < 4.78 is 0. The van der Waals surface area contributed by atoms with Crippen molar-refractivity contribution < 1.29 is 4.79 Å². The summed E-state index contributed by atoms with van der Waals surface area (Å²) in [7, 11) is 1.89. The third-order valence-electron chi connectivity index (χ3n) is 4.37. The monoisotopic (exact) mass is 280 g/mol. The lowest BCUT2D eigenvalue weighted by molar-refractivity contribution is 0.0730. The molecule has 1 aliphatic rings. The molecule has 0 aliphatic heterocycles. The molecule has 0 bridgehead atoms. The zero-order valence-electron chi connectivity index (χ0n) is 12.5.